The highest BCUT2D eigenvalue weighted by Crippen LogP contribution is 2.14. The van der Waals surface area contributed by atoms with Crippen LogP contribution in [0.15, 0.2) is 0 Å². The summed E-state index contributed by atoms with van der Waals surface area (Å²) in [5, 5.41) is 10.8. The minimum atomic E-state index is 0.705. The molecule has 2 heteroatoms. The first-order valence-corrected chi connectivity index (χ1v) is 5.64. The molecule has 0 atom stereocenters. The molecule has 0 spiro atoms. The van der Waals surface area contributed by atoms with E-state index in [9.17, 15) is 0 Å². The summed E-state index contributed by atoms with van der Waals surface area (Å²) in [5.74, 6) is 0. The van der Waals surface area contributed by atoms with E-state index in [1.165, 1.54) is 44.9 Å². The number of hydrogen-bond acceptors (Lipinski definition) is 1. The fraction of sp³-hybridized carbons (Fsp3) is 0.909. The molecule has 1 saturated carbocycles. The van der Waals surface area contributed by atoms with Crippen molar-refractivity contribution in [1.82, 2.24) is 0 Å². The highest BCUT2D eigenvalue weighted by atomic mass is 14.9. The SMILES string of the molecule is N#CCC[NH2+]C1CCCCCCC1. The van der Waals surface area contributed by atoms with Gasteiger partial charge >= 0.3 is 0 Å². The van der Waals surface area contributed by atoms with Crippen LogP contribution in [0.1, 0.15) is 51.4 Å². The van der Waals surface area contributed by atoms with Crippen molar-refractivity contribution in [3.8, 4) is 6.07 Å². The molecule has 1 aliphatic carbocycles. The first-order valence-electron chi connectivity index (χ1n) is 5.64. The molecule has 0 bridgehead atoms. The normalized spacial score (nSPS) is 20.2. The van der Waals surface area contributed by atoms with Crippen LogP contribution >= 0.6 is 0 Å². The van der Waals surface area contributed by atoms with Crippen LogP contribution in [-0.2, 0) is 0 Å². The van der Waals surface area contributed by atoms with Crippen molar-refractivity contribution < 1.29 is 5.32 Å². The van der Waals surface area contributed by atoms with Gasteiger partial charge in [0.05, 0.1) is 25.1 Å². The third kappa shape index (κ3) is 4.90. The standard InChI is InChI=1S/C11H20N2/c12-9-6-10-13-11-7-4-2-1-3-5-8-11/h11,13H,1-8,10H2/p+1. The summed E-state index contributed by atoms with van der Waals surface area (Å²) in [5.41, 5.74) is 0. The van der Waals surface area contributed by atoms with Gasteiger partial charge in [-0.3, -0.25) is 0 Å². The maximum absolute atomic E-state index is 8.43. The Balaban J connectivity index is 2.11. The highest BCUT2D eigenvalue weighted by molar-refractivity contribution is 4.67. The second-order valence-electron chi connectivity index (χ2n) is 4.04. The Hall–Kier alpha value is -0.550. The van der Waals surface area contributed by atoms with E-state index in [-0.39, 0.29) is 0 Å². The van der Waals surface area contributed by atoms with E-state index in [0.29, 0.717) is 6.42 Å². The molecule has 1 aliphatic rings. The quantitative estimate of drug-likeness (QED) is 0.660. The number of nitrogens with zero attached hydrogens (tertiary/aromatic N) is 1. The minimum Gasteiger partial charge on any atom is -0.343 e. The van der Waals surface area contributed by atoms with E-state index >= 15 is 0 Å². The Bertz CT molecular complexity index is 152. The fourth-order valence-electron chi connectivity index (χ4n) is 2.11. The van der Waals surface area contributed by atoms with Crippen LogP contribution < -0.4 is 5.32 Å². The molecule has 13 heavy (non-hydrogen) atoms. The number of nitriles is 1. The van der Waals surface area contributed by atoms with Crippen molar-refractivity contribution in [3.05, 3.63) is 0 Å². The molecular formula is C11H21N2+. The van der Waals surface area contributed by atoms with Gasteiger partial charge in [0.1, 0.15) is 0 Å². The molecular weight excluding hydrogens is 160 g/mol. The molecule has 0 unspecified atom stereocenters. The molecule has 2 nitrogen and oxygen atoms in total. The van der Waals surface area contributed by atoms with Gasteiger partial charge in [-0.25, -0.2) is 0 Å². The van der Waals surface area contributed by atoms with E-state index in [2.05, 4.69) is 11.4 Å². The van der Waals surface area contributed by atoms with Gasteiger partial charge in [0.25, 0.3) is 0 Å². The van der Waals surface area contributed by atoms with E-state index < -0.39 is 0 Å². The molecule has 0 amide bonds. The van der Waals surface area contributed by atoms with Gasteiger partial charge in [0.15, 0.2) is 0 Å². The van der Waals surface area contributed by atoms with Crippen molar-refractivity contribution >= 4 is 0 Å². The topological polar surface area (TPSA) is 40.4 Å². The van der Waals surface area contributed by atoms with Crippen molar-refractivity contribution in [2.45, 2.75) is 57.4 Å². The average Bonchev–Trinajstić information content (AvgIpc) is 2.08. The number of hydrogen-bond donors (Lipinski definition) is 1. The number of quaternary nitrogens is 1. The zero-order valence-corrected chi connectivity index (χ0v) is 8.47. The van der Waals surface area contributed by atoms with E-state index in [1.54, 1.807) is 0 Å². The zero-order valence-electron chi connectivity index (χ0n) is 8.47. The zero-order chi connectivity index (χ0) is 9.36. The van der Waals surface area contributed by atoms with Gasteiger partial charge < -0.3 is 5.32 Å². The predicted octanol–water partition coefficient (Wildman–Crippen LogP) is 1.58. The Morgan fingerprint density at radius 1 is 1.08 bits per heavy atom. The first kappa shape index (κ1) is 10.5. The van der Waals surface area contributed by atoms with E-state index in [0.717, 1.165) is 12.6 Å². The van der Waals surface area contributed by atoms with Crippen LogP contribution in [0.2, 0.25) is 0 Å². The Labute approximate surface area is 81.3 Å². The van der Waals surface area contributed by atoms with Gasteiger partial charge in [-0.2, -0.15) is 5.26 Å². The van der Waals surface area contributed by atoms with E-state index in [1.807, 2.05) is 0 Å². The maximum Gasteiger partial charge on any atom is 0.0889 e. The van der Waals surface area contributed by atoms with Gasteiger partial charge in [-0.05, 0) is 25.7 Å². The molecule has 0 aliphatic heterocycles. The summed E-state index contributed by atoms with van der Waals surface area (Å²) in [6.45, 7) is 1.00. The third-order valence-electron chi connectivity index (χ3n) is 2.91. The second-order valence-corrected chi connectivity index (χ2v) is 4.04. The molecule has 1 fully saturated rings. The summed E-state index contributed by atoms with van der Waals surface area (Å²) in [7, 11) is 0. The number of nitrogens with two attached hydrogens (primary N) is 1. The lowest BCUT2D eigenvalue weighted by Crippen LogP contribution is -2.90. The van der Waals surface area contributed by atoms with Gasteiger partial charge in [0.2, 0.25) is 0 Å². The van der Waals surface area contributed by atoms with Crippen molar-refractivity contribution in [3.63, 3.8) is 0 Å². The van der Waals surface area contributed by atoms with Crippen LogP contribution in [0, 0.1) is 11.3 Å². The van der Waals surface area contributed by atoms with Crippen LogP contribution in [0.25, 0.3) is 0 Å². The van der Waals surface area contributed by atoms with Crippen LogP contribution in [0.4, 0.5) is 0 Å². The third-order valence-corrected chi connectivity index (χ3v) is 2.91. The van der Waals surface area contributed by atoms with Crippen molar-refractivity contribution in [1.29, 1.82) is 5.26 Å². The van der Waals surface area contributed by atoms with Gasteiger partial charge in [-0.15, -0.1) is 0 Å². The van der Waals surface area contributed by atoms with Gasteiger partial charge in [-0.1, -0.05) is 19.3 Å². The van der Waals surface area contributed by atoms with Crippen LogP contribution in [0.3, 0.4) is 0 Å². The van der Waals surface area contributed by atoms with Crippen LogP contribution in [0.5, 0.6) is 0 Å². The lowest BCUT2D eigenvalue weighted by atomic mass is 9.97. The number of rotatable bonds is 3. The minimum absolute atomic E-state index is 0.705. The van der Waals surface area contributed by atoms with E-state index in [4.69, 9.17) is 5.26 Å². The smallest absolute Gasteiger partial charge is 0.0889 e. The predicted molar refractivity (Wildman–Crippen MR) is 53.1 cm³/mol. The fourth-order valence-corrected chi connectivity index (χ4v) is 2.11. The second kappa shape index (κ2) is 6.91. The Morgan fingerprint density at radius 2 is 1.69 bits per heavy atom. The molecule has 0 saturated heterocycles. The largest absolute Gasteiger partial charge is 0.343 e. The molecule has 2 N–H and O–H groups in total. The molecule has 0 heterocycles. The summed E-state index contributed by atoms with van der Waals surface area (Å²) >= 11 is 0. The highest BCUT2D eigenvalue weighted by Gasteiger charge is 2.12. The summed E-state index contributed by atoms with van der Waals surface area (Å²) < 4.78 is 0. The lowest BCUT2D eigenvalue weighted by molar-refractivity contribution is -0.690. The van der Waals surface area contributed by atoms with Gasteiger partial charge in [0, 0.05) is 0 Å². The first-order chi connectivity index (χ1) is 6.43. The van der Waals surface area contributed by atoms with Crippen LogP contribution in [-0.4, -0.2) is 12.6 Å². The molecule has 74 valence electrons. The lowest BCUT2D eigenvalue weighted by Gasteiger charge is -2.17. The average molecular weight is 181 g/mol. The summed E-state index contributed by atoms with van der Waals surface area (Å²) in [4.78, 5) is 0. The van der Waals surface area contributed by atoms with Crippen molar-refractivity contribution in [2.24, 2.45) is 0 Å². The maximum atomic E-state index is 8.43. The molecule has 1 rings (SSSR count). The summed E-state index contributed by atoms with van der Waals surface area (Å²) in [6.07, 6.45) is 10.5. The molecule has 0 aromatic heterocycles. The molecule has 0 aromatic carbocycles. The molecule has 0 aromatic rings. The summed E-state index contributed by atoms with van der Waals surface area (Å²) in [6, 6.07) is 3.02. The monoisotopic (exact) mass is 181 g/mol. The molecule has 0 radical (unpaired) electrons. The Kier molecular flexibility index (Phi) is 5.60. The Morgan fingerprint density at radius 3 is 2.31 bits per heavy atom. The van der Waals surface area contributed by atoms with Crippen molar-refractivity contribution in [2.75, 3.05) is 6.54 Å².